The summed E-state index contributed by atoms with van der Waals surface area (Å²) in [7, 11) is 0. The van der Waals surface area contributed by atoms with Gasteiger partial charge in [0.2, 0.25) is 0 Å². The number of rotatable bonds is 3. The van der Waals surface area contributed by atoms with E-state index in [1.807, 2.05) is 19.1 Å². The van der Waals surface area contributed by atoms with Gasteiger partial charge < -0.3 is 5.11 Å². The van der Waals surface area contributed by atoms with Crippen LogP contribution in [0.1, 0.15) is 18.6 Å². The minimum atomic E-state index is -0.491. The van der Waals surface area contributed by atoms with Crippen LogP contribution in [0.4, 0.5) is 0 Å². The van der Waals surface area contributed by atoms with E-state index in [1.165, 1.54) is 0 Å². The Bertz CT molecular complexity index is 279. The molecule has 0 bridgehead atoms. The van der Waals surface area contributed by atoms with Gasteiger partial charge >= 0.3 is 0 Å². The lowest BCUT2D eigenvalue weighted by molar-refractivity contribution is 0.140. The summed E-state index contributed by atoms with van der Waals surface area (Å²) >= 11 is 5.73. The molecule has 0 aromatic heterocycles. The molecule has 1 aromatic carbocycles. The predicted octanol–water partition coefficient (Wildman–Crippen LogP) is 3.20. The van der Waals surface area contributed by atoms with E-state index < -0.39 is 6.10 Å². The molecule has 1 N–H and O–H groups in total. The average molecular weight is 197 g/mol. The molecule has 0 aliphatic rings. The minimum Gasteiger partial charge on any atom is -0.388 e. The van der Waals surface area contributed by atoms with Gasteiger partial charge in [0, 0.05) is 10.9 Å². The van der Waals surface area contributed by atoms with Gasteiger partial charge in [-0.2, -0.15) is 0 Å². The Labute approximate surface area is 83.7 Å². The zero-order chi connectivity index (χ0) is 9.84. The second-order valence-corrected chi connectivity index (χ2v) is 3.53. The molecule has 0 radical (unpaired) electrons. The molecule has 0 aliphatic carbocycles. The Balaban J connectivity index is 2.82. The van der Waals surface area contributed by atoms with E-state index >= 15 is 0 Å². The minimum absolute atomic E-state index is 0.0566. The van der Waals surface area contributed by atoms with Gasteiger partial charge in [0.15, 0.2) is 0 Å². The van der Waals surface area contributed by atoms with Gasteiger partial charge in [-0.1, -0.05) is 36.7 Å². The smallest absolute Gasteiger partial charge is 0.0849 e. The second-order valence-electron chi connectivity index (χ2n) is 3.09. The Kier molecular flexibility index (Phi) is 3.52. The van der Waals surface area contributed by atoms with Crippen LogP contribution in [-0.2, 0) is 0 Å². The highest BCUT2D eigenvalue weighted by molar-refractivity contribution is 6.30. The van der Waals surface area contributed by atoms with Crippen LogP contribution in [-0.4, -0.2) is 5.11 Å². The van der Waals surface area contributed by atoms with Gasteiger partial charge in [-0.25, -0.2) is 0 Å². The number of benzene rings is 1. The Morgan fingerprint density at radius 3 is 2.38 bits per heavy atom. The first-order valence-electron chi connectivity index (χ1n) is 4.21. The Hall–Kier alpha value is -0.790. The maximum Gasteiger partial charge on any atom is 0.0849 e. The summed E-state index contributed by atoms with van der Waals surface area (Å²) in [5, 5.41) is 10.4. The summed E-state index contributed by atoms with van der Waals surface area (Å²) in [5.41, 5.74) is 0.872. The number of aliphatic hydroxyl groups excluding tert-OH is 1. The number of aliphatic hydroxyl groups is 1. The highest BCUT2D eigenvalue weighted by Gasteiger charge is 2.12. The highest BCUT2D eigenvalue weighted by Crippen LogP contribution is 2.23. The molecule has 0 unspecified atom stereocenters. The van der Waals surface area contributed by atoms with Crippen molar-refractivity contribution in [2.75, 3.05) is 0 Å². The zero-order valence-electron chi connectivity index (χ0n) is 7.57. The van der Waals surface area contributed by atoms with Gasteiger partial charge in [0.05, 0.1) is 6.10 Å². The van der Waals surface area contributed by atoms with E-state index in [0.29, 0.717) is 5.02 Å². The van der Waals surface area contributed by atoms with Crippen LogP contribution in [0.15, 0.2) is 36.9 Å². The topological polar surface area (TPSA) is 20.2 Å². The molecule has 0 fully saturated rings. The monoisotopic (exact) mass is 196 g/mol. The normalized spacial score (nSPS) is 15.0. The standard InChI is InChI=1S/C11H13ClO/c1-3-8(2)11(13)9-4-6-10(12)7-5-9/h3-8,11,13H,1H2,2H3/t8-,11+/m1/s1. The largest absolute Gasteiger partial charge is 0.388 e. The SMILES string of the molecule is C=C[C@@H](C)[C@H](O)c1ccc(Cl)cc1. The van der Waals surface area contributed by atoms with Gasteiger partial charge in [-0.3, -0.25) is 0 Å². The highest BCUT2D eigenvalue weighted by atomic mass is 35.5. The molecule has 2 heteroatoms. The van der Waals surface area contributed by atoms with Crippen LogP contribution in [0.3, 0.4) is 0 Å². The van der Waals surface area contributed by atoms with E-state index in [9.17, 15) is 5.11 Å². The maximum absolute atomic E-state index is 9.77. The van der Waals surface area contributed by atoms with Crippen LogP contribution in [0.25, 0.3) is 0 Å². The predicted molar refractivity (Wildman–Crippen MR) is 55.8 cm³/mol. The molecule has 70 valence electrons. The Morgan fingerprint density at radius 1 is 1.38 bits per heavy atom. The zero-order valence-corrected chi connectivity index (χ0v) is 8.33. The van der Waals surface area contributed by atoms with Crippen LogP contribution in [0.5, 0.6) is 0 Å². The first-order chi connectivity index (χ1) is 6.15. The summed E-state index contributed by atoms with van der Waals surface area (Å²) in [6, 6.07) is 7.20. The molecule has 1 aromatic rings. The van der Waals surface area contributed by atoms with Crippen molar-refractivity contribution in [1.82, 2.24) is 0 Å². The molecule has 0 aliphatic heterocycles. The first kappa shape index (κ1) is 10.3. The molecular weight excluding hydrogens is 184 g/mol. The summed E-state index contributed by atoms with van der Waals surface area (Å²) in [6.45, 7) is 5.56. The van der Waals surface area contributed by atoms with Gasteiger partial charge in [0.25, 0.3) is 0 Å². The molecule has 1 nitrogen and oxygen atoms in total. The molecular formula is C11H13ClO. The van der Waals surface area contributed by atoms with Crippen molar-refractivity contribution in [2.45, 2.75) is 13.0 Å². The maximum atomic E-state index is 9.77. The Morgan fingerprint density at radius 2 is 1.92 bits per heavy atom. The van der Waals surface area contributed by atoms with Crippen molar-refractivity contribution in [3.63, 3.8) is 0 Å². The average Bonchev–Trinajstić information content (AvgIpc) is 2.17. The van der Waals surface area contributed by atoms with Gasteiger partial charge in [-0.15, -0.1) is 6.58 Å². The lowest BCUT2D eigenvalue weighted by Gasteiger charge is -2.15. The van der Waals surface area contributed by atoms with E-state index in [1.54, 1.807) is 18.2 Å². The number of halogens is 1. The van der Waals surface area contributed by atoms with Crippen LogP contribution in [0, 0.1) is 5.92 Å². The third-order valence-corrected chi connectivity index (χ3v) is 2.33. The summed E-state index contributed by atoms with van der Waals surface area (Å²) in [4.78, 5) is 0. The molecule has 13 heavy (non-hydrogen) atoms. The molecule has 0 saturated carbocycles. The summed E-state index contributed by atoms with van der Waals surface area (Å²) in [5.74, 6) is 0.0566. The van der Waals surface area contributed by atoms with Crippen LogP contribution < -0.4 is 0 Å². The van der Waals surface area contributed by atoms with Crippen LogP contribution >= 0.6 is 11.6 Å². The molecule has 2 atom stereocenters. The number of hydrogen-bond acceptors (Lipinski definition) is 1. The fraction of sp³-hybridized carbons (Fsp3) is 0.273. The van der Waals surface area contributed by atoms with Crippen molar-refractivity contribution in [2.24, 2.45) is 5.92 Å². The van der Waals surface area contributed by atoms with Gasteiger partial charge in [-0.05, 0) is 17.7 Å². The molecule has 1 rings (SSSR count). The van der Waals surface area contributed by atoms with Crippen LogP contribution in [0.2, 0.25) is 5.02 Å². The van der Waals surface area contributed by atoms with Crippen molar-refractivity contribution in [3.05, 3.63) is 47.5 Å². The van der Waals surface area contributed by atoms with Crippen molar-refractivity contribution in [3.8, 4) is 0 Å². The van der Waals surface area contributed by atoms with E-state index in [2.05, 4.69) is 6.58 Å². The van der Waals surface area contributed by atoms with E-state index in [4.69, 9.17) is 11.6 Å². The first-order valence-corrected chi connectivity index (χ1v) is 4.59. The van der Waals surface area contributed by atoms with E-state index in [0.717, 1.165) is 5.56 Å². The van der Waals surface area contributed by atoms with E-state index in [-0.39, 0.29) is 5.92 Å². The molecule has 0 spiro atoms. The third kappa shape index (κ3) is 2.58. The van der Waals surface area contributed by atoms with Crippen molar-refractivity contribution >= 4 is 11.6 Å². The third-order valence-electron chi connectivity index (χ3n) is 2.08. The quantitative estimate of drug-likeness (QED) is 0.737. The fourth-order valence-electron chi connectivity index (χ4n) is 1.09. The van der Waals surface area contributed by atoms with Crippen molar-refractivity contribution in [1.29, 1.82) is 0 Å². The summed E-state index contributed by atoms with van der Waals surface area (Å²) < 4.78 is 0. The van der Waals surface area contributed by atoms with Gasteiger partial charge in [0.1, 0.15) is 0 Å². The lowest BCUT2D eigenvalue weighted by atomic mass is 9.98. The lowest BCUT2D eigenvalue weighted by Crippen LogP contribution is -2.05. The molecule has 0 amide bonds. The summed E-state index contributed by atoms with van der Waals surface area (Å²) in [6.07, 6.45) is 1.24. The van der Waals surface area contributed by atoms with Crippen molar-refractivity contribution < 1.29 is 5.11 Å². The molecule has 0 heterocycles. The fourth-order valence-corrected chi connectivity index (χ4v) is 1.22. The molecule has 0 saturated heterocycles. The number of hydrogen-bond donors (Lipinski definition) is 1. The second kappa shape index (κ2) is 4.45.